The molecule has 0 saturated heterocycles. The van der Waals surface area contributed by atoms with Crippen molar-refractivity contribution in [3.05, 3.63) is 71.8 Å². The minimum Gasteiger partial charge on any atom is -0.355 e. The van der Waals surface area contributed by atoms with E-state index < -0.39 is 0 Å². The van der Waals surface area contributed by atoms with Crippen LogP contribution in [0, 0.1) is 0 Å². The molecule has 0 aliphatic heterocycles. The second kappa shape index (κ2) is 10.0. The number of tetrazole rings is 1. The van der Waals surface area contributed by atoms with Crippen LogP contribution in [0.2, 0.25) is 0 Å². The summed E-state index contributed by atoms with van der Waals surface area (Å²) in [4.78, 5) is 12.3. The highest BCUT2D eigenvalue weighted by Crippen LogP contribution is 2.27. The summed E-state index contributed by atoms with van der Waals surface area (Å²) >= 11 is 1.36. The Labute approximate surface area is 169 Å². The number of hydrogen-bond acceptors (Lipinski definition) is 5. The van der Waals surface area contributed by atoms with Gasteiger partial charge in [-0.1, -0.05) is 72.4 Å². The fraction of sp³-hybridized carbons (Fsp3) is 0.333. The van der Waals surface area contributed by atoms with Crippen molar-refractivity contribution in [1.82, 2.24) is 25.5 Å². The lowest BCUT2D eigenvalue weighted by Gasteiger charge is -2.18. The van der Waals surface area contributed by atoms with E-state index >= 15 is 0 Å². The van der Waals surface area contributed by atoms with E-state index in [1.165, 1.54) is 22.9 Å². The average Bonchev–Trinajstić information content (AvgIpc) is 3.20. The standard InChI is InChI=1S/C21H25N5OS/c1-16(2)26-21(23-24-25-26)28-15-20(27)22-14-13-19(17-9-5-3-6-10-17)18-11-7-4-8-12-18/h3-12,16,19H,13-15H2,1-2H3,(H,22,27). The number of thioether (sulfide) groups is 1. The van der Waals surface area contributed by atoms with Crippen molar-refractivity contribution >= 4 is 17.7 Å². The molecule has 3 rings (SSSR count). The number of amides is 1. The Morgan fingerprint density at radius 3 is 2.21 bits per heavy atom. The molecule has 0 fully saturated rings. The van der Waals surface area contributed by atoms with Gasteiger partial charge in [0.2, 0.25) is 11.1 Å². The zero-order valence-electron chi connectivity index (χ0n) is 16.2. The van der Waals surface area contributed by atoms with Crippen LogP contribution in [-0.4, -0.2) is 38.4 Å². The summed E-state index contributed by atoms with van der Waals surface area (Å²) in [7, 11) is 0. The fourth-order valence-electron chi connectivity index (χ4n) is 3.04. The van der Waals surface area contributed by atoms with E-state index in [2.05, 4.69) is 69.4 Å². The van der Waals surface area contributed by atoms with Gasteiger partial charge < -0.3 is 5.32 Å². The zero-order chi connectivity index (χ0) is 19.8. The number of benzene rings is 2. The summed E-state index contributed by atoms with van der Waals surface area (Å²) in [5, 5.41) is 15.3. The molecule has 0 atom stereocenters. The smallest absolute Gasteiger partial charge is 0.230 e. The molecule has 3 aromatic rings. The van der Waals surface area contributed by atoms with Gasteiger partial charge in [0, 0.05) is 12.5 Å². The van der Waals surface area contributed by atoms with E-state index in [1.54, 1.807) is 4.68 Å². The average molecular weight is 396 g/mol. The molecule has 1 aromatic heterocycles. The molecule has 0 unspecified atom stereocenters. The lowest BCUT2D eigenvalue weighted by molar-refractivity contribution is -0.118. The first-order chi connectivity index (χ1) is 13.6. The minimum absolute atomic E-state index is 0.0109. The highest BCUT2D eigenvalue weighted by atomic mass is 32.2. The van der Waals surface area contributed by atoms with E-state index in [0.29, 0.717) is 17.5 Å². The highest BCUT2D eigenvalue weighted by Gasteiger charge is 2.15. The normalized spacial score (nSPS) is 11.1. The molecule has 6 nitrogen and oxygen atoms in total. The summed E-state index contributed by atoms with van der Waals surface area (Å²) in [6, 6.07) is 21.0. The number of nitrogens with zero attached hydrogens (tertiary/aromatic N) is 4. The number of rotatable bonds is 9. The number of carbonyl (C=O) groups excluding carboxylic acids is 1. The second-order valence-electron chi connectivity index (χ2n) is 6.80. The fourth-order valence-corrected chi connectivity index (χ4v) is 3.87. The lowest BCUT2D eigenvalue weighted by Crippen LogP contribution is -2.27. The van der Waals surface area contributed by atoms with Gasteiger partial charge in [-0.05, 0) is 41.8 Å². The SMILES string of the molecule is CC(C)n1nnnc1SCC(=O)NCCC(c1ccccc1)c1ccccc1. The lowest BCUT2D eigenvalue weighted by atomic mass is 9.88. The molecular formula is C21H25N5OS. The molecule has 0 saturated carbocycles. The Morgan fingerprint density at radius 1 is 1.04 bits per heavy atom. The molecule has 7 heteroatoms. The maximum atomic E-state index is 12.3. The largest absolute Gasteiger partial charge is 0.355 e. The van der Waals surface area contributed by atoms with E-state index in [-0.39, 0.29) is 17.9 Å². The van der Waals surface area contributed by atoms with Gasteiger partial charge >= 0.3 is 0 Å². The van der Waals surface area contributed by atoms with Gasteiger partial charge in [0.25, 0.3) is 0 Å². The van der Waals surface area contributed by atoms with Gasteiger partial charge in [0.15, 0.2) is 0 Å². The number of aromatic nitrogens is 4. The monoisotopic (exact) mass is 395 g/mol. The Hall–Kier alpha value is -2.67. The molecular weight excluding hydrogens is 370 g/mol. The molecule has 0 bridgehead atoms. The summed E-state index contributed by atoms with van der Waals surface area (Å²) in [6.45, 7) is 4.63. The van der Waals surface area contributed by atoms with Crippen LogP contribution in [-0.2, 0) is 4.79 Å². The quantitative estimate of drug-likeness (QED) is 0.560. The van der Waals surface area contributed by atoms with Crippen molar-refractivity contribution < 1.29 is 4.79 Å². The third-order valence-corrected chi connectivity index (χ3v) is 5.38. The first-order valence-corrected chi connectivity index (χ1v) is 10.4. The molecule has 2 aromatic carbocycles. The Balaban J connectivity index is 1.54. The molecule has 1 amide bonds. The van der Waals surface area contributed by atoms with Crippen molar-refractivity contribution in [2.45, 2.75) is 37.4 Å². The minimum atomic E-state index is -0.0109. The molecule has 0 aliphatic rings. The Bertz CT molecular complexity index is 827. The molecule has 28 heavy (non-hydrogen) atoms. The summed E-state index contributed by atoms with van der Waals surface area (Å²) in [5.74, 6) is 0.542. The van der Waals surface area contributed by atoms with Gasteiger partial charge in [-0.25, -0.2) is 4.68 Å². The number of carbonyl (C=O) groups is 1. The molecule has 0 spiro atoms. The van der Waals surface area contributed by atoms with Crippen LogP contribution in [0.3, 0.4) is 0 Å². The van der Waals surface area contributed by atoms with Crippen LogP contribution in [0.25, 0.3) is 0 Å². The number of hydrogen-bond donors (Lipinski definition) is 1. The Kier molecular flexibility index (Phi) is 7.19. The Morgan fingerprint density at radius 2 is 1.64 bits per heavy atom. The predicted molar refractivity (Wildman–Crippen MR) is 111 cm³/mol. The predicted octanol–water partition coefficient (Wildman–Crippen LogP) is 3.68. The van der Waals surface area contributed by atoms with Gasteiger partial charge in [0.05, 0.1) is 11.8 Å². The molecule has 146 valence electrons. The van der Waals surface area contributed by atoms with Crippen LogP contribution >= 0.6 is 11.8 Å². The van der Waals surface area contributed by atoms with Crippen LogP contribution in [0.1, 0.15) is 43.4 Å². The van der Waals surface area contributed by atoms with E-state index in [1.807, 2.05) is 26.0 Å². The summed E-state index contributed by atoms with van der Waals surface area (Å²) in [5.41, 5.74) is 2.52. The van der Waals surface area contributed by atoms with E-state index in [4.69, 9.17) is 0 Å². The first kappa shape index (κ1) is 20.1. The van der Waals surface area contributed by atoms with Crippen LogP contribution in [0.4, 0.5) is 0 Å². The summed E-state index contributed by atoms with van der Waals surface area (Å²) < 4.78 is 1.72. The van der Waals surface area contributed by atoms with Crippen LogP contribution in [0.5, 0.6) is 0 Å². The van der Waals surface area contributed by atoms with Gasteiger partial charge in [-0.2, -0.15) is 0 Å². The third kappa shape index (κ3) is 5.42. The number of nitrogens with one attached hydrogen (secondary N) is 1. The summed E-state index contributed by atoms with van der Waals surface area (Å²) in [6.07, 6.45) is 0.841. The second-order valence-corrected chi connectivity index (χ2v) is 7.74. The zero-order valence-corrected chi connectivity index (χ0v) is 17.0. The first-order valence-electron chi connectivity index (χ1n) is 9.42. The van der Waals surface area contributed by atoms with Crippen molar-refractivity contribution in [3.63, 3.8) is 0 Å². The van der Waals surface area contributed by atoms with Crippen LogP contribution in [0.15, 0.2) is 65.8 Å². The third-order valence-electron chi connectivity index (χ3n) is 4.44. The molecule has 1 N–H and O–H groups in total. The van der Waals surface area contributed by atoms with Crippen LogP contribution < -0.4 is 5.32 Å². The maximum absolute atomic E-state index is 12.3. The van der Waals surface area contributed by atoms with Crippen molar-refractivity contribution in [1.29, 1.82) is 0 Å². The maximum Gasteiger partial charge on any atom is 0.230 e. The molecule has 0 radical (unpaired) electrons. The molecule has 0 aliphatic carbocycles. The van der Waals surface area contributed by atoms with E-state index in [0.717, 1.165) is 6.42 Å². The van der Waals surface area contributed by atoms with Gasteiger partial charge in [0.1, 0.15) is 0 Å². The van der Waals surface area contributed by atoms with Crippen molar-refractivity contribution in [3.8, 4) is 0 Å². The molecule has 1 heterocycles. The topological polar surface area (TPSA) is 72.7 Å². The van der Waals surface area contributed by atoms with Crippen molar-refractivity contribution in [2.75, 3.05) is 12.3 Å². The van der Waals surface area contributed by atoms with E-state index in [9.17, 15) is 4.79 Å². The highest BCUT2D eigenvalue weighted by molar-refractivity contribution is 7.99. The van der Waals surface area contributed by atoms with Gasteiger partial charge in [-0.3, -0.25) is 4.79 Å². The van der Waals surface area contributed by atoms with Crippen molar-refractivity contribution in [2.24, 2.45) is 0 Å². The van der Waals surface area contributed by atoms with Gasteiger partial charge in [-0.15, -0.1) is 5.10 Å².